The summed E-state index contributed by atoms with van der Waals surface area (Å²) in [7, 11) is 0. The largest absolute Gasteiger partial charge is 0.480 e. The minimum absolute atomic E-state index is 0.0313. The fraction of sp³-hybridized carbons (Fsp3) is 0.700. The Morgan fingerprint density at radius 2 is 1.30 bits per heavy atom. The molecule has 5 atom stereocenters. The molecule has 0 saturated carbocycles. The first-order chi connectivity index (χ1) is 15.2. The monoisotopic (exact) mass is 472 g/mol. The van der Waals surface area contributed by atoms with E-state index in [1.165, 1.54) is 0 Å². The van der Waals surface area contributed by atoms with Crippen LogP contribution in [0, 0.1) is 11.8 Å². The molecule has 0 heterocycles. The zero-order chi connectivity index (χ0) is 25.9. The van der Waals surface area contributed by atoms with Crippen LogP contribution in [0.4, 0.5) is 0 Å². The number of nitrogens with two attached hydrogens (primary N) is 3. The number of hydrogen-bond acceptors (Lipinski definition) is 7. The van der Waals surface area contributed by atoms with Gasteiger partial charge in [0.2, 0.25) is 29.5 Å². The summed E-state index contributed by atoms with van der Waals surface area (Å²) in [5.41, 5.74) is 15.7. The van der Waals surface area contributed by atoms with Gasteiger partial charge in [-0.1, -0.05) is 34.1 Å². The summed E-state index contributed by atoms with van der Waals surface area (Å²) >= 11 is 0. The van der Waals surface area contributed by atoms with Gasteiger partial charge in [-0.25, -0.2) is 4.79 Å². The van der Waals surface area contributed by atoms with Crippen LogP contribution in [-0.4, -0.2) is 64.8 Å². The lowest BCUT2D eigenvalue weighted by Crippen LogP contribution is -2.59. The third kappa shape index (κ3) is 11.3. The molecule has 0 spiro atoms. The van der Waals surface area contributed by atoms with Crippen molar-refractivity contribution in [1.82, 2.24) is 16.0 Å². The molecule has 0 aromatic heterocycles. The Bertz CT molecular complexity index is 742. The summed E-state index contributed by atoms with van der Waals surface area (Å²) in [5, 5.41) is 16.5. The van der Waals surface area contributed by atoms with Gasteiger partial charge in [-0.2, -0.15) is 0 Å². The number of carboxylic acids is 1. The number of nitrogens with one attached hydrogen (secondary N) is 3. The summed E-state index contributed by atoms with van der Waals surface area (Å²) in [5.74, 6) is -5.85. The molecule has 0 rings (SSSR count). The van der Waals surface area contributed by atoms with Crippen LogP contribution >= 0.6 is 0 Å². The highest BCUT2D eigenvalue weighted by Gasteiger charge is 2.33. The molecule has 0 aliphatic rings. The molecule has 0 radical (unpaired) electrons. The Kier molecular flexibility index (Phi) is 12.7. The lowest BCUT2D eigenvalue weighted by molar-refractivity contribution is -0.144. The molecule has 13 nitrogen and oxygen atoms in total. The van der Waals surface area contributed by atoms with Crippen molar-refractivity contribution >= 4 is 35.5 Å². The molecular formula is C20H36N6O7. The van der Waals surface area contributed by atoms with Crippen LogP contribution in [0.5, 0.6) is 0 Å². The van der Waals surface area contributed by atoms with E-state index in [1.54, 1.807) is 13.8 Å². The molecule has 188 valence electrons. The normalized spacial score (nSPS) is 15.5. The first-order valence-corrected chi connectivity index (χ1v) is 10.7. The van der Waals surface area contributed by atoms with Crippen molar-refractivity contribution < 1.29 is 33.9 Å². The number of aliphatic carboxylic acids is 1. The van der Waals surface area contributed by atoms with Crippen molar-refractivity contribution in [2.24, 2.45) is 29.0 Å². The molecule has 0 aliphatic carbocycles. The van der Waals surface area contributed by atoms with Gasteiger partial charge < -0.3 is 38.3 Å². The first-order valence-electron chi connectivity index (χ1n) is 10.7. The second kappa shape index (κ2) is 14.0. The Labute approximate surface area is 192 Å². The van der Waals surface area contributed by atoms with Crippen LogP contribution in [-0.2, 0) is 28.8 Å². The van der Waals surface area contributed by atoms with Crippen LogP contribution in [0.3, 0.4) is 0 Å². The summed E-state index contributed by atoms with van der Waals surface area (Å²) in [4.78, 5) is 71.5. The van der Waals surface area contributed by atoms with Gasteiger partial charge in [-0.05, 0) is 18.3 Å². The molecule has 0 bridgehead atoms. The number of primary amides is 2. The molecule has 0 aromatic carbocycles. The van der Waals surface area contributed by atoms with Crippen molar-refractivity contribution in [3.63, 3.8) is 0 Å². The highest BCUT2D eigenvalue weighted by atomic mass is 16.4. The minimum atomic E-state index is -1.56. The van der Waals surface area contributed by atoms with E-state index in [4.69, 9.17) is 17.2 Å². The second-order valence-electron chi connectivity index (χ2n) is 8.41. The van der Waals surface area contributed by atoms with Crippen molar-refractivity contribution in [2.45, 2.75) is 77.5 Å². The second-order valence-corrected chi connectivity index (χ2v) is 8.41. The van der Waals surface area contributed by atoms with Crippen molar-refractivity contribution in [2.75, 3.05) is 0 Å². The fourth-order valence-corrected chi connectivity index (χ4v) is 2.91. The number of amides is 5. The van der Waals surface area contributed by atoms with E-state index in [2.05, 4.69) is 16.0 Å². The van der Waals surface area contributed by atoms with Crippen molar-refractivity contribution in [1.29, 1.82) is 0 Å². The SMILES string of the molecule is CCC(C)C(NC(=O)C(CC(C)C)NC(=O)C(N)CC(N)=O)C(=O)NC(CC(N)=O)C(=O)O. The maximum absolute atomic E-state index is 13.0. The number of carbonyl (C=O) groups is 6. The number of rotatable bonds is 15. The smallest absolute Gasteiger partial charge is 0.326 e. The maximum atomic E-state index is 13.0. The fourth-order valence-electron chi connectivity index (χ4n) is 2.91. The van der Waals surface area contributed by atoms with Gasteiger partial charge in [0, 0.05) is 0 Å². The van der Waals surface area contributed by atoms with E-state index in [9.17, 15) is 33.9 Å². The van der Waals surface area contributed by atoms with Crippen molar-refractivity contribution in [3.05, 3.63) is 0 Å². The summed E-state index contributed by atoms with van der Waals surface area (Å²) in [6.45, 7) is 7.07. The van der Waals surface area contributed by atoms with Gasteiger partial charge in [0.25, 0.3) is 0 Å². The lowest BCUT2D eigenvalue weighted by Gasteiger charge is -2.28. The van der Waals surface area contributed by atoms with Gasteiger partial charge in [0.15, 0.2) is 0 Å². The quantitative estimate of drug-likeness (QED) is 0.136. The molecule has 5 amide bonds. The standard InChI is InChI=1S/C20H36N6O7/c1-5-10(4)16(19(31)25-13(20(32)33)8-15(23)28)26-18(30)12(6-9(2)3)24-17(29)11(21)7-14(22)27/h9-13,16H,5-8,21H2,1-4H3,(H2,22,27)(H2,23,28)(H,24,29)(H,25,31)(H,26,30)(H,32,33). The third-order valence-electron chi connectivity index (χ3n) is 4.91. The molecular weight excluding hydrogens is 436 g/mol. The summed E-state index contributed by atoms with van der Waals surface area (Å²) in [6, 6.07) is -5.03. The van der Waals surface area contributed by atoms with Gasteiger partial charge in [0.1, 0.15) is 18.1 Å². The molecule has 0 fully saturated rings. The van der Waals surface area contributed by atoms with Crippen molar-refractivity contribution in [3.8, 4) is 0 Å². The molecule has 33 heavy (non-hydrogen) atoms. The first kappa shape index (κ1) is 29.8. The van der Waals surface area contributed by atoms with E-state index in [1.807, 2.05) is 13.8 Å². The molecule has 0 saturated heterocycles. The predicted octanol–water partition coefficient (Wildman–Crippen LogP) is -2.30. The average Bonchev–Trinajstić information content (AvgIpc) is 2.68. The van der Waals surface area contributed by atoms with Gasteiger partial charge in [0.05, 0.1) is 18.9 Å². The van der Waals surface area contributed by atoms with E-state index in [0.717, 1.165) is 0 Å². The molecule has 0 aromatic rings. The van der Waals surface area contributed by atoms with E-state index in [0.29, 0.717) is 6.42 Å². The molecule has 10 N–H and O–H groups in total. The number of carboxylic acid groups (broad SMARTS) is 1. The van der Waals surface area contributed by atoms with Crippen LogP contribution in [0.15, 0.2) is 0 Å². The zero-order valence-electron chi connectivity index (χ0n) is 19.4. The average molecular weight is 473 g/mol. The maximum Gasteiger partial charge on any atom is 0.326 e. The molecule has 0 aliphatic heterocycles. The van der Waals surface area contributed by atoms with Crippen LogP contribution in [0.1, 0.15) is 53.4 Å². The molecule has 13 heteroatoms. The van der Waals surface area contributed by atoms with E-state index >= 15 is 0 Å². The number of carbonyl (C=O) groups excluding carboxylic acids is 5. The van der Waals surface area contributed by atoms with Crippen LogP contribution in [0.2, 0.25) is 0 Å². The third-order valence-corrected chi connectivity index (χ3v) is 4.91. The zero-order valence-corrected chi connectivity index (χ0v) is 19.4. The lowest BCUT2D eigenvalue weighted by atomic mass is 9.96. The highest BCUT2D eigenvalue weighted by molar-refractivity contribution is 5.95. The van der Waals surface area contributed by atoms with Crippen LogP contribution < -0.4 is 33.2 Å². The van der Waals surface area contributed by atoms with Crippen LogP contribution in [0.25, 0.3) is 0 Å². The van der Waals surface area contributed by atoms with Gasteiger partial charge in [-0.15, -0.1) is 0 Å². The highest BCUT2D eigenvalue weighted by Crippen LogP contribution is 2.12. The van der Waals surface area contributed by atoms with E-state index < -0.39 is 78.4 Å². The molecule has 5 unspecified atom stereocenters. The van der Waals surface area contributed by atoms with E-state index in [-0.39, 0.29) is 12.3 Å². The van der Waals surface area contributed by atoms with Gasteiger partial charge >= 0.3 is 5.97 Å². The predicted molar refractivity (Wildman–Crippen MR) is 118 cm³/mol. The number of hydrogen-bond donors (Lipinski definition) is 7. The Morgan fingerprint density at radius 3 is 1.73 bits per heavy atom. The minimum Gasteiger partial charge on any atom is -0.480 e. The topological polar surface area (TPSA) is 237 Å². The van der Waals surface area contributed by atoms with Gasteiger partial charge in [-0.3, -0.25) is 24.0 Å². The Morgan fingerprint density at radius 1 is 0.788 bits per heavy atom. The summed E-state index contributed by atoms with van der Waals surface area (Å²) < 4.78 is 0. The Balaban J connectivity index is 5.59. The Hall–Kier alpha value is -3.22. The summed E-state index contributed by atoms with van der Waals surface area (Å²) in [6.07, 6.45) is -0.367.